The van der Waals surface area contributed by atoms with E-state index in [1.54, 1.807) is 18.6 Å². The van der Waals surface area contributed by atoms with Gasteiger partial charge in [-0.3, -0.25) is 14.4 Å². The van der Waals surface area contributed by atoms with Crippen molar-refractivity contribution in [3.8, 4) is 11.3 Å². The first kappa shape index (κ1) is 33.9. The minimum absolute atomic E-state index is 0.229. The van der Waals surface area contributed by atoms with Gasteiger partial charge in [-0.2, -0.15) is 5.10 Å². The van der Waals surface area contributed by atoms with Crippen LogP contribution in [-0.4, -0.2) is 81.2 Å². The molecule has 0 atom stereocenters. The Balaban J connectivity index is 1.49. The van der Waals surface area contributed by atoms with Crippen molar-refractivity contribution in [3.63, 3.8) is 0 Å². The van der Waals surface area contributed by atoms with Crippen molar-refractivity contribution in [1.82, 2.24) is 29.7 Å². The average Bonchev–Trinajstić information content (AvgIpc) is 3.45. The summed E-state index contributed by atoms with van der Waals surface area (Å²) >= 11 is 5.88. The molecule has 1 fully saturated rings. The van der Waals surface area contributed by atoms with Gasteiger partial charge in [-0.25, -0.2) is 37.9 Å². The highest BCUT2D eigenvalue weighted by Crippen LogP contribution is 2.36. The molecule has 5 rings (SSSR count). The van der Waals surface area contributed by atoms with Gasteiger partial charge in [0.2, 0.25) is 5.95 Å². The number of ether oxygens (including phenoxy) is 1. The summed E-state index contributed by atoms with van der Waals surface area (Å²) in [5, 5.41) is 13.7. The first-order valence-electron chi connectivity index (χ1n) is 14.7. The third-order valence-corrected chi connectivity index (χ3v) is 9.36. The van der Waals surface area contributed by atoms with Crippen molar-refractivity contribution in [2.45, 2.75) is 45.1 Å². The molecule has 0 saturated carbocycles. The lowest BCUT2D eigenvalue weighted by molar-refractivity contribution is 0.0681. The van der Waals surface area contributed by atoms with E-state index >= 15 is 4.39 Å². The van der Waals surface area contributed by atoms with Gasteiger partial charge < -0.3 is 14.7 Å². The molecule has 0 aliphatic carbocycles. The van der Waals surface area contributed by atoms with E-state index in [-0.39, 0.29) is 19.0 Å². The topological polar surface area (TPSA) is 139 Å². The van der Waals surface area contributed by atoms with Crippen molar-refractivity contribution in [1.29, 1.82) is 0 Å². The summed E-state index contributed by atoms with van der Waals surface area (Å²) < 4.78 is 50.2. The number of carboxylic acid groups (broad SMARTS) is 1. The number of hydrogen-bond acceptors (Lipinski definition) is 9. The standard InChI is InChI=1S/C30H32ClF3N8O4Si/c1-47(2,3)10-9-46-17-42(19-13-38-41(16-19)15-18-11-36-30(37-12-18)40-7-4-8-40)28(43)25-26(29(44)45)35-14-22(39-25)23-20(27(33)34)5-6-21(31)24(23)32/h5-6,11-14,16,27H,4,7-10,15,17H2,1-3H3,(H,44,45). The number of aromatic nitrogens is 6. The molecule has 1 saturated heterocycles. The maximum absolute atomic E-state index is 15.1. The Bertz CT molecular complexity index is 1770. The van der Waals surface area contributed by atoms with Crippen LogP contribution in [0.2, 0.25) is 30.7 Å². The molecule has 1 amide bonds. The zero-order chi connectivity index (χ0) is 33.9. The number of amides is 1. The van der Waals surface area contributed by atoms with Gasteiger partial charge in [-0.05, 0) is 18.5 Å². The van der Waals surface area contributed by atoms with Crippen LogP contribution in [0.25, 0.3) is 11.3 Å². The molecular formula is C30H32ClF3N8O4Si. The molecule has 3 aromatic heterocycles. The predicted octanol–water partition coefficient (Wildman–Crippen LogP) is 5.78. The van der Waals surface area contributed by atoms with Gasteiger partial charge in [0.05, 0.1) is 35.3 Å². The number of carbonyl (C=O) groups excluding carboxylic acids is 1. The summed E-state index contributed by atoms with van der Waals surface area (Å²) in [4.78, 5) is 46.1. The lowest BCUT2D eigenvalue weighted by Gasteiger charge is -2.30. The molecule has 0 radical (unpaired) electrons. The number of carbonyl (C=O) groups is 2. The molecule has 4 aromatic rings. The summed E-state index contributed by atoms with van der Waals surface area (Å²) in [5.74, 6) is -3.16. The molecule has 0 bridgehead atoms. The van der Waals surface area contributed by atoms with E-state index in [4.69, 9.17) is 16.3 Å². The Kier molecular flexibility index (Phi) is 10.2. The van der Waals surface area contributed by atoms with E-state index in [9.17, 15) is 23.5 Å². The van der Waals surface area contributed by atoms with Gasteiger partial charge in [-0.15, -0.1) is 0 Å². The third kappa shape index (κ3) is 7.94. The highest BCUT2D eigenvalue weighted by molar-refractivity contribution is 6.76. The zero-order valence-electron chi connectivity index (χ0n) is 25.8. The molecule has 0 spiro atoms. The number of hydrogen-bond donors (Lipinski definition) is 1. The van der Waals surface area contributed by atoms with E-state index < -0.39 is 65.4 Å². The first-order chi connectivity index (χ1) is 22.3. The third-order valence-electron chi connectivity index (χ3n) is 7.36. The predicted molar refractivity (Wildman–Crippen MR) is 170 cm³/mol. The summed E-state index contributed by atoms with van der Waals surface area (Å²) in [7, 11) is -1.51. The first-order valence-corrected chi connectivity index (χ1v) is 18.8. The Morgan fingerprint density at radius 3 is 2.43 bits per heavy atom. The summed E-state index contributed by atoms with van der Waals surface area (Å²) in [6, 6.07) is 2.68. The molecule has 0 unspecified atom stereocenters. The molecule has 1 N–H and O–H groups in total. The largest absolute Gasteiger partial charge is 0.476 e. The van der Waals surface area contributed by atoms with Crippen LogP contribution >= 0.6 is 11.6 Å². The normalized spacial score (nSPS) is 13.1. The molecule has 12 nitrogen and oxygen atoms in total. The van der Waals surface area contributed by atoms with Gasteiger partial charge in [0.15, 0.2) is 17.2 Å². The second kappa shape index (κ2) is 14.1. The van der Waals surface area contributed by atoms with Crippen LogP contribution in [0, 0.1) is 5.82 Å². The average molecular weight is 689 g/mol. The minimum Gasteiger partial charge on any atom is -0.476 e. The monoisotopic (exact) mass is 688 g/mol. The second-order valence-electron chi connectivity index (χ2n) is 12.1. The number of rotatable bonds is 13. The number of nitrogens with zero attached hydrogens (tertiary/aromatic N) is 8. The molecule has 248 valence electrons. The number of halogens is 4. The van der Waals surface area contributed by atoms with Crippen molar-refractivity contribution in [2.75, 3.05) is 36.2 Å². The fourth-order valence-corrected chi connectivity index (χ4v) is 5.52. The maximum atomic E-state index is 15.1. The summed E-state index contributed by atoms with van der Waals surface area (Å²) in [6.45, 7) is 8.55. The number of aromatic carboxylic acids is 1. The van der Waals surface area contributed by atoms with Crippen LogP contribution in [0.5, 0.6) is 0 Å². The fourth-order valence-electron chi connectivity index (χ4n) is 4.61. The van der Waals surface area contributed by atoms with Gasteiger partial charge in [0.25, 0.3) is 12.3 Å². The Labute approximate surface area is 274 Å². The Morgan fingerprint density at radius 2 is 1.81 bits per heavy atom. The number of benzene rings is 1. The van der Waals surface area contributed by atoms with Crippen LogP contribution in [-0.2, 0) is 11.3 Å². The number of alkyl halides is 2. The smallest absolute Gasteiger partial charge is 0.356 e. The summed E-state index contributed by atoms with van der Waals surface area (Å²) in [6.07, 6.45) is 5.08. The molecule has 1 aliphatic heterocycles. The minimum atomic E-state index is -3.13. The van der Waals surface area contributed by atoms with Crippen molar-refractivity contribution in [2.24, 2.45) is 0 Å². The highest BCUT2D eigenvalue weighted by atomic mass is 35.5. The van der Waals surface area contributed by atoms with Crippen molar-refractivity contribution >= 4 is 43.2 Å². The van der Waals surface area contributed by atoms with Crippen LogP contribution in [0.15, 0.2) is 43.1 Å². The van der Waals surface area contributed by atoms with E-state index in [1.165, 1.54) is 10.9 Å². The lowest BCUT2D eigenvalue weighted by Crippen LogP contribution is -2.38. The van der Waals surface area contributed by atoms with Crippen molar-refractivity contribution in [3.05, 3.63) is 76.5 Å². The van der Waals surface area contributed by atoms with Crippen LogP contribution < -0.4 is 9.80 Å². The lowest BCUT2D eigenvalue weighted by atomic mass is 10.0. The van der Waals surface area contributed by atoms with Crippen LogP contribution in [0.3, 0.4) is 0 Å². The van der Waals surface area contributed by atoms with Gasteiger partial charge in [0, 0.05) is 63.1 Å². The fraction of sp³-hybridized carbons (Fsp3) is 0.367. The van der Waals surface area contributed by atoms with Gasteiger partial charge in [-0.1, -0.05) is 37.3 Å². The van der Waals surface area contributed by atoms with Gasteiger partial charge >= 0.3 is 5.97 Å². The molecule has 1 aromatic carbocycles. The second-order valence-corrected chi connectivity index (χ2v) is 18.1. The molecule has 4 heterocycles. The Morgan fingerprint density at radius 1 is 1.09 bits per heavy atom. The van der Waals surface area contributed by atoms with Crippen molar-refractivity contribution < 1.29 is 32.6 Å². The van der Waals surface area contributed by atoms with E-state index in [0.29, 0.717) is 12.6 Å². The van der Waals surface area contributed by atoms with E-state index in [1.807, 2.05) is 0 Å². The molecule has 1 aliphatic rings. The Hall–Kier alpha value is -4.41. The van der Waals surface area contributed by atoms with E-state index in [2.05, 4.69) is 49.6 Å². The molecular weight excluding hydrogens is 657 g/mol. The highest BCUT2D eigenvalue weighted by Gasteiger charge is 2.30. The van der Waals surface area contributed by atoms with Gasteiger partial charge in [0.1, 0.15) is 6.73 Å². The SMILES string of the molecule is C[Si](C)(C)CCOCN(C(=O)c1nc(-c2c(C(F)F)ccc(Cl)c2F)cnc1C(=O)O)c1cnn(Cc2cnc(N3CCC3)nc2)c1. The van der Waals surface area contributed by atoms with Crippen LogP contribution in [0.1, 0.15) is 45.0 Å². The summed E-state index contributed by atoms with van der Waals surface area (Å²) in [5.41, 5.74) is -2.45. The zero-order valence-corrected chi connectivity index (χ0v) is 27.6. The quantitative estimate of drug-likeness (QED) is 0.105. The molecule has 47 heavy (non-hydrogen) atoms. The number of anilines is 2. The van der Waals surface area contributed by atoms with Crippen LogP contribution in [0.4, 0.5) is 24.8 Å². The van der Waals surface area contributed by atoms with E-state index in [0.717, 1.165) is 54.3 Å². The maximum Gasteiger partial charge on any atom is 0.356 e. The number of carboxylic acids is 1. The molecule has 17 heteroatoms.